The van der Waals surface area contributed by atoms with Crippen LogP contribution in [0.1, 0.15) is 48.5 Å². The van der Waals surface area contributed by atoms with Gasteiger partial charge in [0.15, 0.2) is 12.2 Å². The first kappa shape index (κ1) is 32.0. The number of hydrogen-bond donors (Lipinski definition) is 0. The average Bonchev–Trinajstić information content (AvgIpc) is 2.87. The van der Waals surface area contributed by atoms with E-state index in [0.717, 1.165) is 17.3 Å². The maximum absolute atomic E-state index is 12.2. The Morgan fingerprint density at radius 1 is 0.659 bits per heavy atom. The van der Waals surface area contributed by atoms with Gasteiger partial charge in [0.25, 0.3) is 8.32 Å². The van der Waals surface area contributed by atoms with Crippen molar-refractivity contribution >= 4 is 42.6 Å². The van der Waals surface area contributed by atoms with E-state index >= 15 is 0 Å². The van der Waals surface area contributed by atoms with E-state index in [1.54, 1.807) is 0 Å². The van der Waals surface area contributed by atoms with Crippen molar-refractivity contribution in [2.24, 2.45) is 0 Å². The van der Waals surface area contributed by atoms with Crippen LogP contribution in [0.15, 0.2) is 60.7 Å². The fraction of sp³-hybridized carbons (Fsp3) is 0.467. The van der Waals surface area contributed by atoms with Gasteiger partial charge < -0.3 is 28.1 Å². The van der Waals surface area contributed by atoms with E-state index in [1.807, 2.05) is 60.7 Å². The van der Waals surface area contributed by atoms with Crippen LogP contribution < -0.4 is 10.4 Å². The quantitative estimate of drug-likeness (QED) is 0.246. The van der Waals surface area contributed by atoms with Crippen LogP contribution in [0, 0.1) is 0 Å². The van der Waals surface area contributed by atoms with Crippen molar-refractivity contribution in [3.63, 3.8) is 0 Å². The van der Waals surface area contributed by atoms with Crippen LogP contribution in [-0.4, -0.2) is 69.5 Å². The predicted molar refractivity (Wildman–Crippen MR) is 151 cm³/mol. The summed E-state index contributed by atoms with van der Waals surface area (Å²) >= 11 is 0. The Morgan fingerprint density at radius 3 is 1.49 bits per heavy atom. The van der Waals surface area contributed by atoms with Gasteiger partial charge in [-0.2, -0.15) is 0 Å². The number of rotatable bonds is 9. The molecule has 11 heteroatoms. The first-order valence-corrected chi connectivity index (χ1v) is 15.3. The van der Waals surface area contributed by atoms with E-state index in [4.69, 9.17) is 28.1 Å². The van der Waals surface area contributed by atoms with Crippen molar-refractivity contribution in [3.8, 4) is 0 Å². The van der Waals surface area contributed by atoms with Crippen LogP contribution in [0.4, 0.5) is 0 Å². The summed E-state index contributed by atoms with van der Waals surface area (Å²) in [5, 5.41) is 1.63. The molecule has 0 radical (unpaired) electrons. The average molecular weight is 587 g/mol. The molecule has 222 valence electrons. The topological polar surface area (TPSA) is 124 Å². The minimum absolute atomic E-state index is 0.131. The zero-order valence-electron chi connectivity index (χ0n) is 24.4. The second kappa shape index (κ2) is 13.4. The van der Waals surface area contributed by atoms with Crippen LogP contribution in [0.2, 0.25) is 5.04 Å². The van der Waals surface area contributed by atoms with Crippen LogP contribution in [0.5, 0.6) is 0 Å². The first-order valence-electron chi connectivity index (χ1n) is 13.4. The highest BCUT2D eigenvalue weighted by Crippen LogP contribution is 2.38. The third-order valence-corrected chi connectivity index (χ3v) is 11.7. The molecular formula is C30H38O10Si. The lowest BCUT2D eigenvalue weighted by Gasteiger charge is -2.47. The van der Waals surface area contributed by atoms with E-state index in [-0.39, 0.29) is 11.6 Å². The molecule has 1 heterocycles. The van der Waals surface area contributed by atoms with Gasteiger partial charge in [-0.15, -0.1) is 0 Å². The molecule has 0 aliphatic carbocycles. The summed E-state index contributed by atoms with van der Waals surface area (Å²) in [5.74, 6) is -2.86. The molecular weight excluding hydrogens is 548 g/mol. The van der Waals surface area contributed by atoms with E-state index < -0.39 is 62.9 Å². The molecule has 0 saturated carbocycles. The molecule has 1 aliphatic heterocycles. The zero-order valence-corrected chi connectivity index (χ0v) is 25.4. The molecule has 41 heavy (non-hydrogen) atoms. The number of carbonyl (C=O) groups excluding carboxylic acids is 4. The lowest BCUT2D eigenvalue weighted by Crippen LogP contribution is -2.69. The molecule has 2 aromatic rings. The van der Waals surface area contributed by atoms with Crippen LogP contribution in [0.3, 0.4) is 0 Å². The van der Waals surface area contributed by atoms with Gasteiger partial charge in [-0.3, -0.25) is 19.2 Å². The summed E-state index contributed by atoms with van der Waals surface area (Å²) < 4.78 is 35.0. The van der Waals surface area contributed by atoms with Crippen LogP contribution >= 0.6 is 0 Å². The molecule has 0 spiro atoms. The molecule has 1 aliphatic rings. The molecule has 1 fully saturated rings. The highest BCUT2D eigenvalue weighted by Gasteiger charge is 2.56. The fourth-order valence-corrected chi connectivity index (χ4v) is 9.79. The van der Waals surface area contributed by atoms with Crippen molar-refractivity contribution in [1.29, 1.82) is 0 Å². The number of carbonyl (C=O) groups is 4. The summed E-state index contributed by atoms with van der Waals surface area (Å²) in [6.45, 7) is 10.9. The van der Waals surface area contributed by atoms with Crippen LogP contribution in [-0.2, 0) is 47.3 Å². The van der Waals surface area contributed by atoms with E-state index in [0.29, 0.717) is 0 Å². The molecule has 0 bridgehead atoms. The van der Waals surface area contributed by atoms with Gasteiger partial charge in [-0.25, -0.2) is 0 Å². The number of ether oxygens (including phenoxy) is 5. The molecule has 10 nitrogen and oxygen atoms in total. The molecule has 0 aromatic heterocycles. The minimum Gasteiger partial charge on any atom is -0.456 e. The largest absolute Gasteiger partial charge is 0.456 e. The lowest BCUT2D eigenvalue weighted by molar-refractivity contribution is -0.298. The second-order valence-corrected chi connectivity index (χ2v) is 15.2. The second-order valence-electron chi connectivity index (χ2n) is 10.8. The number of hydrogen-bond acceptors (Lipinski definition) is 10. The van der Waals surface area contributed by atoms with Crippen molar-refractivity contribution in [1.82, 2.24) is 0 Å². The minimum atomic E-state index is -3.08. The van der Waals surface area contributed by atoms with Crippen molar-refractivity contribution in [2.45, 2.75) is 84.2 Å². The Balaban J connectivity index is 2.13. The maximum Gasteiger partial charge on any atom is 0.305 e. The zero-order chi connectivity index (χ0) is 30.4. The monoisotopic (exact) mass is 586 g/mol. The smallest absolute Gasteiger partial charge is 0.305 e. The van der Waals surface area contributed by atoms with Gasteiger partial charge in [0, 0.05) is 27.7 Å². The predicted octanol–water partition coefficient (Wildman–Crippen LogP) is 2.65. The molecule has 0 unspecified atom stereocenters. The Hall–Kier alpha value is -3.54. The normalized spacial score (nSPS) is 22.8. The van der Waals surface area contributed by atoms with Crippen molar-refractivity contribution in [3.05, 3.63) is 60.7 Å². The Kier molecular flexibility index (Phi) is 10.5. The van der Waals surface area contributed by atoms with Gasteiger partial charge >= 0.3 is 23.9 Å². The molecule has 0 amide bonds. The third-order valence-electron chi connectivity index (χ3n) is 6.66. The van der Waals surface area contributed by atoms with Gasteiger partial charge in [0.2, 0.25) is 12.4 Å². The van der Waals surface area contributed by atoms with E-state index in [9.17, 15) is 19.2 Å². The summed E-state index contributed by atoms with van der Waals surface area (Å²) in [5.41, 5.74) is 0. The van der Waals surface area contributed by atoms with Gasteiger partial charge in [0.05, 0.1) is 6.61 Å². The molecule has 5 atom stereocenters. The third kappa shape index (κ3) is 7.60. The van der Waals surface area contributed by atoms with E-state index in [1.165, 1.54) is 20.8 Å². The van der Waals surface area contributed by atoms with Crippen molar-refractivity contribution < 1.29 is 47.3 Å². The summed E-state index contributed by atoms with van der Waals surface area (Å²) in [7, 11) is -3.08. The van der Waals surface area contributed by atoms with Crippen molar-refractivity contribution in [2.75, 3.05) is 6.61 Å². The fourth-order valence-electron chi connectivity index (χ4n) is 5.22. The number of esters is 4. The van der Waals surface area contributed by atoms with Gasteiger partial charge in [-0.05, 0) is 15.4 Å². The maximum atomic E-state index is 12.2. The lowest BCUT2D eigenvalue weighted by atomic mass is 9.98. The Morgan fingerprint density at radius 2 is 1.07 bits per heavy atom. The Labute approximate surface area is 241 Å². The van der Waals surface area contributed by atoms with Crippen LogP contribution in [0.25, 0.3) is 0 Å². The number of benzene rings is 2. The highest BCUT2D eigenvalue weighted by atomic mass is 28.4. The molecule has 3 rings (SSSR count). The summed E-state index contributed by atoms with van der Waals surface area (Å²) in [6.07, 6.45) is -6.51. The molecule has 1 saturated heterocycles. The van der Waals surface area contributed by atoms with E-state index in [2.05, 4.69) is 20.8 Å². The Bertz CT molecular complexity index is 1170. The molecule has 0 N–H and O–H groups in total. The summed E-state index contributed by atoms with van der Waals surface area (Å²) in [6, 6.07) is 19.8. The molecule has 2 aromatic carbocycles. The summed E-state index contributed by atoms with van der Waals surface area (Å²) in [4.78, 5) is 48.4. The SMILES string of the molecule is CC(=O)O[C@H]1O[C@H](CO[Si](c2ccccc2)(c2ccccc2)C(C)(C)C)[C@@H](OC(C)=O)[C@H](OC(C)=O)[C@H]1OC(C)=O. The highest BCUT2D eigenvalue weighted by molar-refractivity contribution is 6.99. The van der Waals surface area contributed by atoms with Gasteiger partial charge in [0.1, 0.15) is 6.10 Å². The first-order chi connectivity index (χ1) is 19.3. The standard InChI is InChI=1S/C30H38O10Si/c1-19(31)36-26-25(40-29(39-22(4)34)28(38-21(3)33)27(26)37-20(2)32)18-35-41(30(5,6)7,23-14-10-8-11-15-23)24-16-12-9-13-17-24/h8-17,25-29H,18H2,1-7H3/t25-,26-,27+,28-,29+/m1/s1. The van der Waals surface area contributed by atoms with Gasteiger partial charge in [-0.1, -0.05) is 81.4 Å².